The Kier molecular flexibility index (Phi) is 56.2. The summed E-state index contributed by atoms with van der Waals surface area (Å²) in [5.41, 5.74) is 0. The lowest BCUT2D eigenvalue weighted by molar-refractivity contribution is -0.359. The van der Waals surface area contributed by atoms with Gasteiger partial charge in [0.1, 0.15) is 48.8 Å². The van der Waals surface area contributed by atoms with Gasteiger partial charge in [0.05, 0.1) is 32.0 Å². The molecule has 0 aromatic heterocycles. The minimum atomic E-state index is -1.79. The summed E-state index contributed by atoms with van der Waals surface area (Å²) < 4.78 is 22.9. The first-order chi connectivity index (χ1) is 44.1. The zero-order valence-corrected chi connectivity index (χ0v) is 57.4. The van der Waals surface area contributed by atoms with Crippen LogP contribution in [0.25, 0.3) is 0 Å². The van der Waals surface area contributed by atoms with Crippen LogP contribution >= 0.6 is 0 Å². The van der Waals surface area contributed by atoms with Crippen LogP contribution < -0.4 is 5.32 Å². The zero-order chi connectivity index (χ0) is 65.2. The second-order valence-electron chi connectivity index (χ2n) is 26.4. The molecular formula is C76H139NO13. The van der Waals surface area contributed by atoms with E-state index >= 15 is 0 Å². The average molecular weight is 1270 g/mol. The summed E-state index contributed by atoms with van der Waals surface area (Å²) in [5, 5.41) is 87.4. The topological polar surface area (TPSA) is 228 Å². The number of carbonyl (C=O) groups excluding carboxylic acids is 1. The van der Waals surface area contributed by atoms with Gasteiger partial charge in [-0.25, -0.2) is 0 Å². The van der Waals surface area contributed by atoms with Crippen molar-refractivity contribution in [1.82, 2.24) is 5.32 Å². The molecule has 0 radical (unpaired) electrons. The molecule has 0 spiro atoms. The van der Waals surface area contributed by atoms with Crippen molar-refractivity contribution in [3.63, 3.8) is 0 Å². The molecule has 14 nitrogen and oxygen atoms in total. The number of allylic oxidation sites excluding steroid dienone is 9. The summed E-state index contributed by atoms with van der Waals surface area (Å²) in [5.74, 6) is -0.234. The van der Waals surface area contributed by atoms with Gasteiger partial charge in [-0.1, -0.05) is 319 Å². The van der Waals surface area contributed by atoms with Crippen molar-refractivity contribution < 1.29 is 64.6 Å². The summed E-state index contributed by atoms with van der Waals surface area (Å²) in [6.45, 7) is 2.72. The van der Waals surface area contributed by atoms with E-state index in [1.165, 1.54) is 231 Å². The highest BCUT2D eigenvalue weighted by atomic mass is 16.7. The number of ether oxygens (including phenoxy) is 4. The summed E-state index contributed by atoms with van der Waals surface area (Å²) in [6, 6.07) is -0.914. The number of amides is 1. The fourth-order valence-corrected chi connectivity index (χ4v) is 12.3. The van der Waals surface area contributed by atoms with Crippen LogP contribution in [-0.4, -0.2) is 140 Å². The van der Waals surface area contributed by atoms with Crippen LogP contribution in [0.1, 0.15) is 322 Å². The molecule has 0 aromatic carbocycles. The molecule has 9 N–H and O–H groups in total. The minimum Gasteiger partial charge on any atom is -0.394 e. The standard InChI is InChI=1S/C76H139NO13/c1-3-5-7-9-11-13-15-17-19-21-22-23-24-25-26-27-28-29-30-31-32-33-34-35-36-37-38-39-40-41-42-44-46-48-50-52-54-56-58-60-68(81)77-64(65(80)59-57-55-53-51-49-47-45-43-20-18-16-14-12-10-8-6-4-2)63-87-75-73(86)71(84)74(67(62-79)89-75)90-76-72(85)70(83)69(82)66(61-78)88-76/h5,7,11,13,17,19,22-23,57,59,64-67,69-76,78-80,82-86H,3-4,6,8-10,12,14-16,18,20-21,24-56,58,60-63H2,1-2H3,(H,77,81)/b7-5-,13-11-,19-17-,23-22-,59-57+. The van der Waals surface area contributed by atoms with Crippen molar-refractivity contribution in [1.29, 1.82) is 0 Å². The number of hydrogen-bond acceptors (Lipinski definition) is 13. The molecule has 2 saturated heterocycles. The lowest BCUT2D eigenvalue weighted by atomic mass is 9.97. The highest BCUT2D eigenvalue weighted by Crippen LogP contribution is 2.30. The van der Waals surface area contributed by atoms with Crippen molar-refractivity contribution in [3.8, 4) is 0 Å². The lowest BCUT2D eigenvalue weighted by Gasteiger charge is -2.46. The second-order valence-corrected chi connectivity index (χ2v) is 26.4. The Morgan fingerprint density at radius 2 is 0.767 bits per heavy atom. The Bertz CT molecular complexity index is 1740. The third kappa shape index (κ3) is 43.6. The number of hydrogen-bond donors (Lipinski definition) is 9. The number of rotatable bonds is 62. The zero-order valence-electron chi connectivity index (χ0n) is 57.4. The molecular weight excluding hydrogens is 1130 g/mol. The molecule has 12 atom stereocenters. The molecule has 2 aliphatic heterocycles. The maximum atomic E-state index is 13.3. The first-order valence-electron chi connectivity index (χ1n) is 37.5. The summed E-state index contributed by atoms with van der Waals surface area (Å²) >= 11 is 0. The first kappa shape index (κ1) is 83.8. The van der Waals surface area contributed by atoms with Gasteiger partial charge in [0.2, 0.25) is 5.91 Å². The highest BCUT2D eigenvalue weighted by Gasteiger charge is 2.51. The van der Waals surface area contributed by atoms with Crippen molar-refractivity contribution in [2.75, 3.05) is 19.8 Å². The van der Waals surface area contributed by atoms with Gasteiger partial charge in [-0.2, -0.15) is 0 Å². The second kappa shape index (κ2) is 60.4. The van der Waals surface area contributed by atoms with Crippen LogP contribution in [0, 0.1) is 0 Å². The van der Waals surface area contributed by atoms with Crippen LogP contribution in [-0.2, 0) is 23.7 Å². The number of nitrogens with one attached hydrogen (secondary N) is 1. The molecule has 12 unspecified atom stereocenters. The third-order valence-corrected chi connectivity index (χ3v) is 18.2. The molecule has 0 aromatic rings. The first-order valence-corrected chi connectivity index (χ1v) is 37.5. The fourth-order valence-electron chi connectivity index (χ4n) is 12.3. The maximum Gasteiger partial charge on any atom is 0.220 e. The normalized spacial score (nSPS) is 23.2. The van der Waals surface area contributed by atoms with E-state index in [4.69, 9.17) is 18.9 Å². The summed E-state index contributed by atoms with van der Waals surface area (Å²) in [4.78, 5) is 13.3. The van der Waals surface area contributed by atoms with E-state index in [1.807, 2.05) is 6.08 Å². The Hall–Kier alpha value is -2.31. The van der Waals surface area contributed by atoms with E-state index in [2.05, 4.69) is 67.8 Å². The van der Waals surface area contributed by atoms with Gasteiger partial charge >= 0.3 is 0 Å². The maximum absolute atomic E-state index is 13.3. The Balaban J connectivity index is 1.56. The monoisotopic (exact) mass is 1270 g/mol. The van der Waals surface area contributed by atoms with Gasteiger partial charge in [0, 0.05) is 6.42 Å². The van der Waals surface area contributed by atoms with E-state index in [0.29, 0.717) is 6.42 Å². The molecule has 0 saturated carbocycles. The van der Waals surface area contributed by atoms with Crippen LogP contribution in [0.3, 0.4) is 0 Å². The van der Waals surface area contributed by atoms with Crippen molar-refractivity contribution in [2.45, 2.75) is 396 Å². The van der Waals surface area contributed by atoms with Gasteiger partial charge < -0.3 is 65.1 Å². The lowest BCUT2D eigenvalue weighted by Crippen LogP contribution is -2.65. The molecule has 2 fully saturated rings. The van der Waals surface area contributed by atoms with Gasteiger partial charge in [-0.15, -0.1) is 0 Å². The van der Waals surface area contributed by atoms with Gasteiger partial charge in [0.25, 0.3) is 0 Å². The van der Waals surface area contributed by atoms with Crippen LogP contribution in [0.15, 0.2) is 60.8 Å². The Labute approximate surface area is 549 Å². The van der Waals surface area contributed by atoms with E-state index in [9.17, 15) is 45.6 Å². The number of unbranched alkanes of at least 4 members (excludes halogenated alkanes) is 41. The van der Waals surface area contributed by atoms with Crippen molar-refractivity contribution in [2.24, 2.45) is 0 Å². The van der Waals surface area contributed by atoms with E-state index < -0.39 is 86.8 Å². The molecule has 2 rings (SSSR count). The predicted octanol–water partition coefficient (Wildman–Crippen LogP) is 16.0. The molecule has 2 heterocycles. The van der Waals surface area contributed by atoms with Gasteiger partial charge in [-0.3, -0.25) is 4.79 Å². The highest BCUT2D eigenvalue weighted by molar-refractivity contribution is 5.76. The van der Waals surface area contributed by atoms with Gasteiger partial charge in [-0.05, 0) is 57.8 Å². The van der Waals surface area contributed by atoms with E-state index in [-0.39, 0.29) is 18.9 Å². The fraction of sp³-hybridized carbons (Fsp3) is 0.855. The minimum absolute atomic E-state index is 0.234. The Morgan fingerprint density at radius 1 is 0.411 bits per heavy atom. The van der Waals surface area contributed by atoms with Gasteiger partial charge in [0.15, 0.2) is 12.6 Å². The Morgan fingerprint density at radius 3 is 1.18 bits per heavy atom. The quantitative estimate of drug-likeness (QED) is 0.0204. The molecule has 526 valence electrons. The summed E-state index contributed by atoms with van der Waals surface area (Å²) in [6.07, 6.45) is 64.5. The molecule has 0 bridgehead atoms. The number of aliphatic hydroxyl groups excluding tert-OH is 8. The molecule has 14 heteroatoms. The molecule has 1 amide bonds. The van der Waals surface area contributed by atoms with Crippen LogP contribution in [0.2, 0.25) is 0 Å². The smallest absolute Gasteiger partial charge is 0.220 e. The molecule has 90 heavy (non-hydrogen) atoms. The predicted molar refractivity (Wildman–Crippen MR) is 369 cm³/mol. The molecule has 2 aliphatic rings. The van der Waals surface area contributed by atoms with Crippen molar-refractivity contribution in [3.05, 3.63) is 60.8 Å². The molecule has 0 aliphatic carbocycles. The van der Waals surface area contributed by atoms with Crippen LogP contribution in [0.5, 0.6) is 0 Å². The summed E-state index contributed by atoms with van der Waals surface area (Å²) in [7, 11) is 0. The van der Waals surface area contributed by atoms with E-state index in [1.54, 1.807) is 6.08 Å². The largest absolute Gasteiger partial charge is 0.394 e. The third-order valence-electron chi connectivity index (χ3n) is 18.2. The average Bonchev–Trinajstić information content (AvgIpc) is 1.04. The number of carbonyl (C=O) groups is 1. The van der Waals surface area contributed by atoms with Crippen molar-refractivity contribution >= 4 is 5.91 Å². The van der Waals surface area contributed by atoms with Crippen LogP contribution in [0.4, 0.5) is 0 Å². The number of aliphatic hydroxyl groups is 8. The SMILES string of the molecule is CC/C=C\C/C=C\C/C=C\C/C=C\CCCCCCCCCCCCCCCCCCCCCCCCCCCCC(=O)NC(COC1OC(CO)C(OC2OC(CO)C(O)C(O)C2O)C(O)C1O)C(O)/C=C/CCCCCCCCCCCCCCCCC. The van der Waals surface area contributed by atoms with E-state index in [0.717, 1.165) is 64.2 Å².